The summed E-state index contributed by atoms with van der Waals surface area (Å²) in [7, 11) is 0. The van der Waals surface area contributed by atoms with Gasteiger partial charge in [0, 0.05) is 36.3 Å². The van der Waals surface area contributed by atoms with E-state index in [2.05, 4.69) is 24.1 Å². The van der Waals surface area contributed by atoms with Crippen LogP contribution in [0, 0.1) is 0 Å². The molecule has 3 heteroatoms. The molecule has 1 heterocycles. The summed E-state index contributed by atoms with van der Waals surface area (Å²) in [4.78, 5) is 15.4. The zero-order valence-corrected chi connectivity index (χ0v) is 9.10. The van der Waals surface area contributed by atoms with Crippen LogP contribution in [0.1, 0.15) is 30.6 Å². The van der Waals surface area contributed by atoms with Crippen molar-refractivity contribution in [1.82, 2.24) is 10.3 Å². The van der Waals surface area contributed by atoms with Gasteiger partial charge in [-0.05, 0) is 25.5 Å². The average molecular weight is 204 g/mol. The first-order valence-corrected chi connectivity index (χ1v) is 5.11. The number of nitrogens with one attached hydrogen (secondary N) is 1. The number of ketones is 1. The Morgan fingerprint density at radius 3 is 3.07 bits per heavy atom. The number of pyridine rings is 1. The number of aromatic nitrogens is 1. The van der Waals surface area contributed by atoms with E-state index >= 15 is 0 Å². The van der Waals surface area contributed by atoms with Gasteiger partial charge >= 0.3 is 0 Å². The summed E-state index contributed by atoms with van der Waals surface area (Å²) in [6, 6.07) is 3.90. The lowest BCUT2D eigenvalue weighted by atomic mass is 10.2. The van der Waals surface area contributed by atoms with E-state index in [1.165, 1.54) is 6.08 Å². The van der Waals surface area contributed by atoms with Crippen molar-refractivity contribution < 1.29 is 4.79 Å². The van der Waals surface area contributed by atoms with Crippen LogP contribution in [0.5, 0.6) is 0 Å². The molecule has 0 fully saturated rings. The van der Waals surface area contributed by atoms with Gasteiger partial charge in [-0.1, -0.05) is 6.92 Å². The second-order valence-corrected chi connectivity index (χ2v) is 3.42. The third kappa shape index (κ3) is 3.94. The Bertz CT molecular complexity index is 333. The lowest BCUT2D eigenvalue weighted by Gasteiger charge is -2.06. The van der Waals surface area contributed by atoms with E-state index in [-0.39, 0.29) is 5.78 Å². The fourth-order valence-corrected chi connectivity index (χ4v) is 1.01. The number of allylic oxidation sites excluding steroid dienone is 1. The molecule has 0 aliphatic heterocycles. The predicted molar refractivity (Wildman–Crippen MR) is 60.6 cm³/mol. The Hall–Kier alpha value is -1.64. The molecule has 0 saturated heterocycles. The summed E-state index contributed by atoms with van der Waals surface area (Å²) in [5, 5.41) is 3.11. The van der Waals surface area contributed by atoms with Crippen molar-refractivity contribution in [1.29, 1.82) is 0 Å². The molecule has 1 atom stereocenters. The minimum absolute atomic E-state index is 0.0288. The molecule has 1 aromatic heterocycles. The third-order valence-electron chi connectivity index (χ3n) is 2.17. The molecule has 1 N–H and O–H groups in total. The van der Waals surface area contributed by atoms with Gasteiger partial charge in [-0.15, -0.1) is 0 Å². The van der Waals surface area contributed by atoms with E-state index in [0.717, 1.165) is 6.42 Å². The third-order valence-corrected chi connectivity index (χ3v) is 2.17. The molecular weight excluding hydrogens is 188 g/mol. The van der Waals surface area contributed by atoms with Crippen LogP contribution in [0.3, 0.4) is 0 Å². The molecule has 0 radical (unpaired) electrons. The van der Waals surface area contributed by atoms with Crippen LogP contribution in [0.15, 0.2) is 36.8 Å². The highest BCUT2D eigenvalue weighted by molar-refractivity contribution is 6.04. The zero-order valence-electron chi connectivity index (χ0n) is 9.10. The van der Waals surface area contributed by atoms with Crippen LogP contribution in [-0.2, 0) is 0 Å². The lowest BCUT2D eigenvalue weighted by Crippen LogP contribution is -2.19. The van der Waals surface area contributed by atoms with Gasteiger partial charge in [0.2, 0.25) is 0 Å². The first kappa shape index (κ1) is 11.4. The van der Waals surface area contributed by atoms with Crippen molar-refractivity contribution >= 4 is 5.78 Å². The minimum Gasteiger partial charge on any atom is -0.388 e. The summed E-state index contributed by atoms with van der Waals surface area (Å²) in [5.41, 5.74) is 0.611. The molecule has 0 amide bonds. The summed E-state index contributed by atoms with van der Waals surface area (Å²) in [6.45, 7) is 4.16. The van der Waals surface area contributed by atoms with Crippen LogP contribution >= 0.6 is 0 Å². The zero-order chi connectivity index (χ0) is 11.1. The quantitative estimate of drug-likeness (QED) is 0.590. The highest BCUT2D eigenvalue weighted by atomic mass is 16.1. The van der Waals surface area contributed by atoms with Crippen molar-refractivity contribution in [3.63, 3.8) is 0 Å². The molecule has 1 unspecified atom stereocenters. The van der Waals surface area contributed by atoms with Crippen LogP contribution in [-0.4, -0.2) is 16.8 Å². The number of hydrogen-bond acceptors (Lipinski definition) is 3. The number of carbonyl (C=O) groups is 1. The van der Waals surface area contributed by atoms with E-state index in [4.69, 9.17) is 0 Å². The minimum atomic E-state index is -0.0288. The molecule has 1 rings (SSSR count). The van der Waals surface area contributed by atoms with Crippen molar-refractivity contribution in [3.05, 3.63) is 42.4 Å². The number of rotatable bonds is 5. The average Bonchev–Trinajstić information content (AvgIpc) is 2.29. The molecule has 15 heavy (non-hydrogen) atoms. The summed E-state index contributed by atoms with van der Waals surface area (Å²) in [6.07, 6.45) is 7.48. The lowest BCUT2D eigenvalue weighted by molar-refractivity contribution is 0.104. The standard InChI is InChI=1S/C12H16N2O/c1-3-10(2)14-8-6-12(15)11-5-4-7-13-9-11/h4-10,14H,3H2,1-2H3/b8-6-. The van der Waals surface area contributed by atoms with Crippen molar-refractivity contribution in [3.8, 4) is 0 Å². The first-order valence-electron chi connectivity index (χ1n) is 5.11. The van der Waals surface area contributed by atoms with Crippen LogP contribution < -0.4 is 5.32 Å². The second-order valence-electron chi connectivity index (χ2n) is 3.42. The van der Waals surface area contributed by atoms with Crippen molar-refractivity contribution in [2.24, 2.45) is 0 Å². The largest absolute Gasteiger partial charge is 0.388 e. The molecule has 0 spiro atoms. The van der Waals surface area contributed by atoms with Gasteiger partial charge in [0.05, 0.1) is 0 Å². The monoisotopic (exact) mass is 204 g/mol. The smallest absolute Gasteiger partial charge is 0.188 e. The maximum Gasteiger partial charge on any atom is 0.188 e. The van der Waals surface area contributed by atoms with Gasteiger partial charge in [0.25, 0.3) is 0 Å². The molecule has 0 saturated carbocycles. The topological polar surface area (TPSA) is 42.0 Å². The Morgan fingerprint density at radius 1 is 1.67 bits per heavy atom. The van der Waals surface area contributed by atoms with E-state index < -0.39 is 0 Å². The van der Waals surface area contributed by atoms with E-state index in [1.807, 2.05) is 0 Å². The highest BCUT2D eigenvalue weighted by Crippen LogP contribution is 1.98. The second kappa shape index (κ2) is 5.96. The van der Waals surface area contributed by atoms with Crippen LogP contribution in [0.25, 0.3) is 0 Å². The Kier molecular flexibility index (Phi) is 4.54. The van der Waals surface area contributed by atoms with Crippen molar-refractivity contribution in [2.45, 2.75) is 26.3 Å². The van der Waals surface area contributed by atoms with Gasteiger partial charge in [-0.25, -0.2) is 0 Å². The Morgan fingerprint density at radius 2 is 2.47 bits per heavy atom. The molecule has 0 aliphatic rings. The predicted octanol–water partition coefficient (Wildman–Crippen LogP) is 2.17. The summed E-state index contributed by atoms with van der Waals surface area (Å²) >= 11 is 0. The normalized spacial score (nSPS) is 12.7. The van der Waals surface area contributed by atoms with Gasteiger partial charge in [0.1, 0.15) is 0 Å². The molecule has 3 nitrogen and oxygen atoms in total. The molecule has 80 valence electrons. The molecule has 1 aromatic rings. The van der Waals surface area contributed by atoms with Crippen molar-refractivity contribution in [2.75, 3.05) is 0 Å². The Labute approximate surface area is 90.2 Å². The maximum absolute atomic E-state index is 11.5. The first-order chi connectivity index (χ1) is 7.24. The van der Waals surface area contributed by atoms with Crippen LogP contribution in [0.2, 0.25) is 0 Å². The molecular formula is C12H16N2O. The number of hydrogen-bond donors (Lipinski definition) is 1. The molecule has 0 bridgehead atoms. The number of nitrogens with zero attached hydrogens (tertiary/aromatic N) is 1. The van der Waals surface area contributed by atoms with E-state index in [9.17, 15) is 4.79 Å². The van der Waals surface area contributed by atoms with Gasteiger partial charge in [-0.3, -0.25) is 9.78 Å². The maximum atomic E-state index is 11.5. The summed E-state index contributed by atoms with van der Waals surface area (Å²) < 4.78 is 0. The molecule has 0 aromatic carbocycles. The van der Waals surface area contributed by atoms with E-state index in [0.29, 0.717) is 11.6 Å². The Balaban J connectivity index is 2.49. The van der Waals surface area contributed by atoms with Crippen LogP contribution in [0.4, 0.5) is 0 Å². The summed E-state index contributed by atoms with van der Waals surface area (Å²) in [5.74, 6) is -0.0288. The van der Waals surface area contributed by atoms with Gasteiger partial charge < -0.3 is 5.32 Å². The van der Waals surface area contributed by atoms with Gasteiger partial charge in [0.15, 0.2) is 5.78 Å². The SMILES string of the molecule is CCC(C)N/C=C\C(=O)c1cccnc1. The molecule has 0 aliphatic carbocycles. The number of carbonyl (C=O) groups excluding carboxylic acids is 1. The highest BCUT2D eigenvalue weighted by Gasteiger charge is 1.99. The fourth-order valence-electron chi connectivity index (χ4n) is 1.01. The van der Waals surface area contributed by atoms with E-state index in [1.54, 1.807) is 30.7 Å². The van der Waals surface area contributed by atoms with Gasteiger partial charge in [-0.2, -0.15) is 0 Å². The fraction of sp³-hybridized carbons (Fsp3) is 0.333.